The molecule has 1 aliphatic carbocycles. The molecular weight excluding hydrogens is 679 g/mol. The van der Waals surface area contributed by atoms with Gasteiger partial charge >= 0.3 is 0 Å². The minimum absolute atomic E-state index is 0.216. The van der Waals surface area contributed by atoms with E-state index in [-0.39, 0.29) is 5.78 Å². The topological polar surface area (TPSA) is 17.1 Å². The lowest BCUT2D eigenvalue weighted by Gasteiger charge is -2.22. The highest BCUT2D eigenvalue weighted by molar-refractivity contribution is 14.1. The molecule has 0 saturated carbocycles. The molecule has 1 aliphatic rings. The molecule has 0 atom stereocenters. The molecule has 3 rings (SSSR count). The summed E-state index contributed by atoms with van der Waals surface area (Å²) in [5.41, 5.74) is 7.23. The number of carbonyl (C=O) groups is 1. The van der Waals surface area contributed by atoms with Gasteiger partial charge in [0.15, 0.2) is 5.78 Å². The highest BCUT2D eigenvalue weighted by atomic mass is 127. The van der Waals surface area contributed by atoms with Gasteiger partial charge in [-0.05, 0) is 111 Å². The quantitative estimate of drug-likeness (QED) is 0.0742. The Labute approximate surface area is 274 Å². The molecule has 0 unspecified atom stereocenters. The number of ketones is 1. The second-order valence-corrected chi connectivity index (χ2v) is 14.6. The lowest BCUT2D eigenvalue weighted by molar-refractivity contribution is 0.103. The predicted octanol–water partition coefficient (Wildman–Crippen LogP) is 13.1. The van der Waals surface area contributed by atoms with Crippen molar-refractivity contribution in [2.45, 2.75) is 162 Å². The van der Waals surface area contributed by atoms with Crippen molar-refractivity contribution in [2.75, 3.05) is 0 Å². The summed E-state index contributed by atoms with van der Waals surface area (Å²) in [5, 5.41) is 0. The van der Waals surface area contributed by atoms with Gasteiger partial charge in [-0.25, -0.2) is 0 Å². The molecule has 41 heavy (non-hydrogen) atoms. The van der Waals surface area contributed by atoms with E-state index in [1.165, 1.54) is 154 Å². The summed E-state index contributed by atoms with van der Waals surface area (Å²) >= 11 is 6.01. The van der Waals surface area contributed by atoms with Crippen molar-refractivity contribution in [3.63, 3.8) is 0 Å². The Morgan fingerprint density at radius 3 is 1.44 bits per heavy atom. The maximum atomic E-state index is 13.6. The molecule has 2 aromatic carbocycles. The fraction of sp³-hybridized carbons (Fsp3) is 0.658. The van der Waals surface area contributed by atoms with Crippen LogP contribution < -0.4 is 0 Å². The smallest absolute Gasteiger partial charge is 0.193 e. The third kappa shape index (κ3) is 12.1. The summed E-state index contributed by atoms with van der Waals surface area (Å²) in [6.45, 7) is 4.58. The zero-order valence-electron chi connectivity index (χ0n) is 26.2. The zero-order valence-corrected chi connectivity index (χ0v) is 30.0. The summed E-state index contributed by atoms with van der Waals surface area (Å²) in [4.78, 5) is 13.6. The van der Waals surface area contributed by atoms with Crippen LogP contribution in [0.15, 0.2) is 28.7 Å². The van der Waals surface area contributed by atoms with E-state index in [4.69, 9.17) is 0 Å². The lowest BCUT2D eigenvalue weighted by Crippen LogP contribution is -2.17. The van der Waals surface area contributed by atoms with Crippen molar-refractivity contribution < 1.29 is 4.79 Å². The Morgan fingerprint density at radius 1 is 0.561 bits per heavy atom. The van der Waals surface area contributed by atoms with Crippen molar-refractivity contribution >= 4 is 44.3 Å². The third-order valence-electron chi connectivity index (χ3n) is 9.04. The molecule has 0 aromatic heterocycles. The molecule has 0 fully saturated rings. The van der Waals surface area contributed by atoms with E-state index in [9.17, 15) is 4.79 Å². The Morgan fingerprint density at radius 2 is 0.951 bits per heavy atom. The number of rotatable bonds is 22. The van der Waals surface area contributed by atoms with Gasteiger partial charge < -0.3 is 0 Å². The van der Waals surface area contributed by atoms with E-state index in [1.807, 2.05) is 6.07 Å². The van der Waals surface area contributed by atoms with Crippen LogP contribution in [-0.4, -0.2) is 5.78 Å². The normalized spacial score (nSPS) is 12.5. The maximum absolute atomic E-state index is 13.6. The Kier molecular flexibility index (Phi) is 17.2. The molecule has 0 bridgehead atoms. The first kappa shape index (κ1) is 34.8. The first-order valence-corrected chi connectivity index (χ1v) is 19.1. The van der Waals surface area contributed by atoms with E-state index < -0.39 is 0 Å². The summed E-state index contributed by atoms with van der Waals surface area (Å²) in [6, 6.07) is 8.96. The standard InChI is InChI=1S/C38H56BrIO/c1-3-5-7-9-11-13-15-17-19-21-23-30-25-32-26-33-28-37(40)36(39)29-35(33)38(41)34(32)27-31(30)24-22-20-18-16-14-12-10-8-6-4-2/h25,27-29H,3-24,26H2,1-2H3. The van der Waals surface area contributed by atoms with Gasteiger partial charge in [0.25, 0.3) is 0 Å². The van der Waals surface area contributed by atoms with Crippen LogP contribution in [0.1, 0.15) is 180 Å². The Bertz CT molecular complexity index is 1060. The molecule has 0 saturated heterocycles. The van der Waals surface area contributed by atoms with Crippen molar-refractivity contribution in [3.8, 4) is 0 Å². The van der Waals surface area contributed by atoms with Gasteiger partial charge in [-0.3, -0.25) is 4.79 Å². The molecule has 1 nitrogen and oxygen atoms in total. The van der Waals surface area contributed by atoms with Crippen LogP contribution in [0.3, 0.4) is 0 Å². The van der Waals surface area contributed by atoms with Crippen molar-refractivity contribution in [2.24, 2.45) is 0 Å². The van der Waals surface area contributed by atoms with Gasteiger partial charge in [-0.15, -0.1) is 0 Å². The molecule has 0 amide bonds. The van der Waals surface area contributed by atoms with Crippen molar-refractivity contribution in [1.82, 2.24) is 0 Å². The maximum Gasteiger partial charge on any atom is 0.193 e. The van der Waals surface area contributed by atoms with Crippen LogP contribution in [0.4, 0.5) is 0 Å². The molecular formula is C38H56BrIO. The number of unbranched alkanes of at least 4 members (excludes halogenated alkanes) is 18. The minimum atomic E-state index is 0.216. The number of carbonyl (C=O) groups excluding carboxylic acids is 1. The number of benzene rings is 2. The largest absolute Gasteiger partial charge is 0.289 e. The average molecular weight is 736 g/mol. The van der Waals surface area contributed by atoms with Gasteiger partial charge in [0.2, 0.25) is 0 Å². The van der Waals surface area contributed by atoms with E-state index in [0.717, 1.165) is 34.9 Å². The highest BCUT2D eigenvalue weighted by Crippen LogP contribution is 2.34. The number of aryl methyl sites for hydroxylation is 2. The van der Waals surface area contributed by atoms with Crippen LogP contribution in [0.2, 0.25) is 0 Å². The van der Waals surface area contributed by atoms with Crippen LogP contribution in [0.5, 0.6) is 0 Å². The molecule has 2 aromatic rings. The number of fused-ring (bicyclic) bond motifs is 2. The van der Waals surface area contributed by atoms with E-state index in [2.05, 4.69) is 70.6 Å². The molecule has 0 radical (unpaired) electrons. The van der Waals surface area contributed by atoms with Crippen LogP contribution in [-0.2, 0) is 19.3 Å². The number of hydrogen-bond donors (Lipinski definition) is 0. The van der Waals surface area contributed by atoms with Crippen LogP contribution in [0.25, 0.3) is 0 Å². The second kappa shape index (κ2) is 20.3. The Balaban J connectivity index is 1.55. The van der Waals surface area contributed by atoms with E-state index >= 15 is 0 Å². The van der Waals surface area contributed by atoms with E-state index in [1.54, 1.807) is 0 Å². The Hall–Kier alpha value is -0.680. The van der Waals surface area contributed by atoms with Crippen molar-refractivity contribution in [3.05, 3.63) is 65.7 Å². The summed E-state index contributed by atoms with van der Waals surface area (Å²) < 4.78 is 2.21. The van der Waals surface area contributed by atoms with Gasteiger partial charge in [0.1, 0.15) is 0 Å². The number of halogens is 2. The molecule has 0 N–H and O–H groups in total. The monoisotopic (exact) mass is 734 g/mol. The number of hydrogen-bond acceptors (Lipinski definition) is 1. The van der Waals surface area contributed by atoms with Gasteiger partial charge in [0.05, 0.1) is 0 Å². The molecule has 0 aliphatic heterocycles. The first-order chi connectivity index (χ1) is 20.0. The predicted molar refractivity (Wildman–Crippen MR) is 191 cm³/mol. The highest BCUT2D eigenvalue weighted by Gasteiger charge is 2.25. The fourth-order valence-electron chi connectivity index (χ4n) is 6.47. The van der Waals surface area contributed by atoms with Crippen LogP contribution >= 0.6 is 38.5 Å². The van der Waals surface area contributed by atoms with Crippen LogP contribution in [0, 0.1) is 3.57 Å². The average Bonchev–Trinajstić information content (AvgIpc) is 2.96. The van der Waals surface area contributed by atoms with E-state index in [0.29, 0.717) is 0 Å². The third-order valence-corrected chi connectivity index (χ3v) is 11.3. The summed E-state index contributed by atoms with van der Waals surface area (Å²) in [6.07, 6.45) is 30.6. The fourth-order valence-corrected chi connectivity index (χ4v) is 7.34. The van der Waals surface area contributed by atoms with Gasteiger partial charge in [-0.2, -0.15) is 0 Å². The molecule has 0 spiro atoms. The molecule has 228 valence electrons. The zero-order chi connectivity index (χ0) is 29.3. The van der Waals surface area contributed by atoms with Crippen molar-refractivity contribution in [1.29, 1.82) is 0 Å². The lowest BCUT2D eigenvalue weighted by atomic mass is 9.81. The summed E-state index contributed by atoms with van der Waals surface area (Å²) in [5.74, 6) is 0.216. The van der Waals surface area contributed by atoms with Gasteiger partial charge in [-0.1, -0.05) is 135 Å². The molecule has 0 heterocycles. The molecule has 3 heteroatoms. The minimum Gasteiger partial charge on any atom is -0.289 e. The van der Waals surface area contributed by atoms with Gasteiger partial charge in [0, 0.05) is 19.2 Å². The SMILES string of the molecule is CCCCCCCCCCCCc1cc2c(cc1CCCCCCCCCCCC)C(=O)c1cc(Br)c(I)cc1C2. The second-order valence-electron chi connectivity index (χ2n) is 12.6. The summed E-state index contributed by atoms with van der Waals surface area (Å²) in [7, 11) is 0. The first-order valence-electron chi connectivity index (χ1n) is 17.2.